The van der Waals surface area contributed by atoms with E-state index in [4.69, 9.17) is 0 Å². The Bertz CT molecular complexity index is 433. The van der Waals surface area contributed by atoms with E-state index >= 15 is 0 Å². The van der Waals surface area contributed by atoms with Gasteiger partial charge in [-0.25, -0.2) is 0 Å². The van der Waals surface area contributed by atoms with Crippen molar-refractivity contribution < 1.29 is 4.79 Å². The first kappa shape index (κ1) is 7.95. The van der Waals surface area contributed by atoms with Gasteiger partial charge in [-0.1, -0.05) is 0 Å². The molecule has 2 aromatic rings. The molecule has 0 saturated carbocycles. The van der Waals surface area contributed by atoms with Crippen molar-refractivity contribution in [1.29, 1.82) is 0 Å². The van der Waals surface area contributed by atoms with Crippen molar-refractivity contribution in [2.24, 2.45) is 0 Å². The first-order valence-corrected chi connectivity index (χ1v) is 5.11. The molecule has 0 bridgehead atoms. The fourth-order valence-electron chi connectivity index (χ4n) is 1.12. The quantitative estimate of drug-likeness (QED) is 0.698. The minimum Gasteiger partial charge on any atom is -0.298 e. The Hall–Kier alpha value is -0.670. The van der Waals surface area contributed by atoms with Crippen LogP contribution in [0.25, 0.3) is 10.1 Å². The van der Waals surface area contributed by atoms with Crippen molar-refractivity contribution in [2.75, 3.05) is 0 Å². The van der Waals surface area contributed by atoms with Gasteiger partial charge >= 0.3 is 0 Å². The second kappa shape index (κ2) is 2.99. The number of halogens is 1. The molecular formula is C9H5BrOS. The van der Waals surface area contributed by atoms with E-state index in [2.05, 4.69) is 15.9 Å². The summed E-state index contributed by atoms with van der Waals surface area (Å²) in [7, 11) is 0. The summed E-state index contributed by atoms with van der Waals surface area (Å²) in [5, 5.41) is 3.13. The topological polar surface area (TPSA) is 17.1 Å². The summed E-state index contributed by atoms with van der Waals surface area (Å²) in [5.74, 6) is 0. The van der Waals surface area contributed by atoms with Crippen LogP contribution in [0.5, 0.6) is 0 Å². The van der Waals surface area contributed by atoms with E-state index in [1.165, 1.54) is 4.70 Å². The molecule has 0 aliphatic carbocycles. The molecular weight excluding hydrogens is 236 g/mol. The van der Waals surface area contributed by atoms with Gasteiger partial charge in [-0.3, -0.25) is 4.79 Å². The highest BCUT2D eigenvalue weighted by atomic mass is 79.9. The second-order valence-corrected chi connectivity index (χ2v) is 4.16. The van der Waals surface area contributed by atoms with Crippen molar-refractivity contribution in [1.82, 2.24) is 0 Å². The molecule has 2 rings (SSSR count). The molecule has 0 saturated heterocycles. The zero-order chi connectivity index (χ0) is 8.55. The summed E-state index contributed by atoms with van der Waals surface area (Å²) in [4.78, 5) is 10.6. The molecule has 1 aromatic heterocycles. The van der Waals surface area contributed by atoms with Crippen molar-refractivity contribution in [3.8, 4) is 0 Å². The SMILES string of the molecule is O=Cc1ccc2sccc2c1Br. The van der Waals surface area contributed by atoms with Crippen molar-refractivity contribution in [2.45, 2.75) is 0 Å². The number of hydrogen-bond donors (Lipinski definition) is 0. The Balaban J connectivity index is 2.86. The van der Waals surface area contributed by atoms with Crippen LogP contribution in [0, 0.1) is 0 Å². The Morgan fingerprint density at radius 1 is 1.33 bits per heavy atom. The summed E-state index contributed by atoms with van der Waals surface area (Å²) in [6.45, 7) is 0. The number of carbonyl (C=O) groups is 1. The van der Waals surface area contributed by atoms with Crippen molar-refractivity contribution in [3.05, 3.63) is 33.6 Å². The first-order chi connectivity index (χ1) is 5.83. The molecule has 0 amide bonds. The van der Waals surface area contributed by atoms with Crippen molar-refractivity contribution in [3.63, 3.8) is 0 Å². The maximum Gasteiger partial charge on any atom is 0.151 e. The van der Waals surface area contributed by atoms with Gasteiger partial charge in [0.25, 0.3) is 0 Å². The molecule has 0 fully saturated rings. The monoisotopic (exact) mass is 240 g/mol. The lowest BCUT2D eigenvalue weighted by Crippen LogP contribution is -1.80. The zero-order valence-corrected chi connectivity index (χ0v) is 8.48. The van der Waals surface area contributed by atoms with Crippen LogP contribution in [-0.2, 0) is 0 Å². The van der Waals surface area contributed by atoms with Crippen LogP contribution in [0.15, 0.2) is 28.1 Å². The molecule has 1 nitrogen and oxygen atoms in total. The number of fused-ring (bicyclic) bond motifs is 1. The minimum absolute atomic E-state index is 0.709. The number of hydrogen-bond acceptors (Lipinski definition) is 2. The molecule has 60 valence electrons. The maximum atomic E-state index is 10.6. The van der Waals surface area contributed by atoms with E-state index in [0.717, 1.165) is 16.1 Å². The van der Waals surface area contributed by atoms with Crippen LogP contribution in [0.4, 0.5) is 0 Å². The Morgan fingerprint density at radius 3 is 2.92 bits per heavy atom. The van der Waals surface area contributed by atoms with Gasteiger partial charge in [0.05, 0.1) is 0 Å². The van der Waals surface area contributed by atoms with Crippen LogP contribution < -0.4 is 0 Å². The average molecular weight is 241 g/mol. The molecule has 1 heterocycles. The van der Waals surface area contributed by atoms with Crippen LogP contribution in [0.1, 0.15) is 10.4 Å². The maximum absolute atomic E-state index is 10.6. The van der Waals surface area contributed by atoms with Gasteiger partial charge in [0.2, 0.25) is 0 Å². The lowest BCUT2D eigenvalue weighted by molar-refractivity contribution is 0.112. The summed E-state index contributed by atoms with van der Waals surface area (Å²) in [6.07, 6.45) is 0.862. The molecule has 12 heavy (non-hydrogen) atoms. The smallest absolute Gasteiger partial charge is 0.151 e. The van der Waals surface area contributed by atoms with Gasteiger partial charge in [-0.2, -0.15) is 0 Å². The van der Waals surface area contributed by atoms with E-state index in [0.29, 0.717) is 5.56 Å². The highest BCUT2D eigenvalue weighted by molar-refractivity contribution is 9.10. The van der Waals surface area contributed by atoms with E-state index in [-0.39, 0.29) is 0 Å². The fraction of sp³-hybridized carbons (Fsp3) is 0. The standard InChI is InChI=1S/C9H5BrOS/c10-9-6(5-11)1-2-8-7(9)3-4-12-8/h1-5H. The predicted molar refractivity (Wildman–Crippen MR) is 54.9 cm³/mol. The van der Waals surface area contributed by atoms with Gasteiger partial charge < -0.3 is 0 Å². The number of benzene rings is 1. The lowest BCUT2D eigenvalue weighted by atomic mass is 10.2. The van der Waals surface area contributed by atoms with Crippen molar-refractivity contribution >= 4 is 43.6 Å². The Morgan fingerprint density at radius 2 is 2.17 bits per heavy atom. The van der Waals surface area contributed by atoms with Gasteiger partial charge in [-0.15, -0.1) is 11.3 Å². The van der Waals surface area contributed by atoms with E-state index in [9.17, 15) is 4.79 Å². The third kappa shape index (κ3) is 1.09. The molecule has 0 aliphatic rings. The van der Waals surface area contributed by atoms with Crippen LogP contribution >= 0.6 is 27.3 Å². The molecule has 0 N–H and O–H groups in total. The number of thiophene rings is 1. The lowest BCUT2D eigenvalue weighted by Gasteiger charge is -1.96. The summed E-state index contributed by atoms with van der Waals surface area (Å²) < 4.78 is 2.10. The summed E-state index contributed by atoms with van der Waals surface area (Å²) in [5.41, 5.74) is 0.709. The van der Waals surface area contributed by atoms with Crippen LogP contribution in [-0.4, -0.2) is 6.29 Å². The molecule has 0 unspecified atom stereocenters. The molecule has 0 atom stereocenters. The van der Waals surface area contributed by atoms with Gasteiger partial charge in [0.1, 0.15) is 0 Å². The molecule has 0 aliphatic heterocycles. The molecule has 0 spiro atoms. The fourth-order valence-corrected chi connectivity index (χ4v) is 2.61. The average Bonchev–Trinajstić information content (AvgIpc) is 2.53. The van der Waals surface area contributed by atoms with E-state index < -0.39 is 0 Å². The third-order valence-electron chi connectivity index (χ3n) is 1.73. The van der Waals surface area contributed by atoms with Gasteiger partial charge in [0, 0.05) is 20.1 Å². The Kier molecular flexibility index (Phi) is 1.98. The predicted octanol–water partition coefficient (Wildman–Crippen LogP) is 3.48. The highest BCUT2D eigenvalue weighted by Crippen LogP contribution is 2.30. The summed E-state index contributed by atoms with van der Waals surface area (Å²) in [6, 6.07) is 5.81. The molecule has 3 heteroatoms. The number of aldehydes is 1. The normalized spacial score (nSPS) is 10.4. The van der Waals surface area contributed by atoms with Gasteiger partial charge in [0.15, 0.2) is 6.29 Å². The first-order valence-electron chi connectivity index (χ1n) is 3.44. The van der Waals surface area contributed by atoms with Crippen LogP contribution in [0.3, 0.4) is 0 Å². The molecule has 1 aromatic carbocycles. The zero-order valence-electron chi connectivity index (χ0n) is 6.08. The molecule has 0 radical (unpaired) electrons. The number of carbonyl (C=O) groups excluding carboxylic acids is 1. The largest absolute Gasteiger partial charge is 0.298 e. The van der Waals surface area contributed by atoms with E-state index in [1.54, 1.807) is 11.3 Å². The van der Waals surface area contributed by atoms with E-state index in [1.807, 2.05) is 23.6 Å². The second-order valence-electron chi connectivity index (χ2n) is 2.42. The Labute approximate surface area is 82.1 Å². The summed E-state index contributed by atoms with van der Waals surface area (Å²) >= 11 is 5.07. The highest BCUT2D eigenvalue weighted by Gasteiger charge is 2.03. The van der Waals surface area contributed by atoms with Crippen LogP contribution in [0.2, 0.25) is 0 Å². The number of rotatable bonds is 1. The third-order valence-corrected chi connectivity index (χ3v) is 3.49. The van der Waals surface area contributed by atoms with Gasteiger partial charge in [-0.05, 0) is 39.5 Å². The minimum atomic E-state index is 0.709.